The molecule has 100 valence electrons. The molecule has 1 unspecified atom stereocenters. The summed E-state index contributed by atoms with van der Waals surface area (Å²) in [4.78, 5) is 0. The number of hydrogen-bond acceptors (Lipinski definition) is 0. The number of hydrogen-bond donors (Lipinski definition) is 0. The van der Waals surface area contributed by atoms with Crippen molar-refractivity contribution in [2.75, 3.05) is 0 Å². The van der Waals surface area contributed by atoms with E-state index in [2.05, 4.69) is 0 Å². The van der Waals surface area contributed by atoms with E-state index in [-0.39, 0.29) is 5.92 Å². The third kappa shape index (κ3) is 2.98. The molecule has 0 bridgehead atoms. The molecule has 0 aliphatic rings. The lowest BCUT2D eigenvalue weighted by Crippen LogP contribution is -2.11. The van der Waals surface area contributed by atoms with Gasteiger partial charge in [0.05, 0.1) is 5.56 Å². The number of aryl methyl sites for hydroxylation is 1. The van der Waals surface area contributed by atoms with Gasteiger partial charge < -0.3 is 0 Å². The standard InChI is InChI=1S/C16H15F3/c1-11-7-9-13(10-8-11)12(2)14-5-3-4-6-15(14)16(17,18)19/h3-10,12H,1-2H3. The first-order valence-electron chi connectivity index (χ1n) is 6.12. The van der Waals surface area contributed by atoms with E-state index < -0.39 is 11.7 Å². The predicted octanol–water partition coefficient (Wildman–Crippen LogP) is 5.17. The summed E-state index contributed by atoms with van der Waals surface area (Å²) in [5.74, 6) is -0.279. The molecule has 2 aromatic carbocycles. The normalized spacial score (nSPS) is 13.3. The number of rotatable bonds is 2. The highest BCUT2D eigenvalue weighted by Gasteiger charge is 2.34. The predicted molar refractivity (Wildman–Crippen MR) is 70.1 cm³/mol. The topological polar surface area (TPSA) is 0 Å². The Morgan fingerprint density at radius 3 is 2.05 bits per heavy atom. The van der Waals surface area contributed by atoms with Gasteiger partial charge in [-0.25, -0.2) is 0 Å². The summed E-state index contributed by atoms with van der Waals surface area (Å²) in [6, 6.07) is 13.4. The van der Waals surface area contributed by atoms with Gasteiger partial charge in [-0.2, -0.15) is 13.2 Å². The third-order valence-corrected chi connectivity index (χ3v) is 3.31. The van der Waals surface area contributed by atoms with Crippen molar-refractivity contribution in [1.82, 2.24) is 0 Å². The first-order valence-corrected chi connectivity index (χ1v) is 6.12. The molecule has 0 saturated carbocycles. The van der Waals surface area contributed by atoms with E-state index in [1.54, 1.807) is 19.1 Å². The summed E-state index contributed by atoms with van der Waals surface area (Å²) >= 11 is 0. The summed E-state index contributed by atoms with van der Waals surface area (Å²) in [7, 11) is 0. The second kappa shape index (κ2) is 5.08. The summed E-state index contributed by atoms with van der Waals surface area (Å²) < 4.78 is 39.0. The minimum absolute atomic E-state index is 0.279. The highest BCUT2D eigenvalue weighted by molar-refractivity contribution is 5.39. The molecular weight excluding hydrogens is 249 g/mol. The molecule has 0 radical (unpaired) electrons. The monoisotopic (exact) mass is 264 g/mol. The molecule has 0 fully saturated rings. The van der Waals surface area contributed by atoms with Crippen LogP contribution in [-0.4, -0.2) is 0 Å². The fourth-order valence-electron chi connectivity index (χ4n) is 2.17. The number of halogens is 3. The van der Waals surface area contributed by atoms with Crippen molar-refractivity contribution in [2.45, 2.75) is 25.9 Å². The zero-order valence-electron chi connectivity index (χ0n) is 10.8. The van der Waals surface area contributed by atoms with Crippen molar-refractivity contribution >= 4 is 0 Å². The van der Waals surface area contributed by atoms with Gasteiger partial charge in [-0.3, -0.25) is 0 Å². The Kier molecular flexibility index (Phi) is 3.65. The zero-order chi connectivity index (χ0) is 14.0. The van der Waals surface area contributed by atoms with Crippen LogP contribution in [-0.2, 0) is 6.18 Å². The van der Waals surface area contributed by atoms with Gasteiger partial charge in [-0.1, -0.05) is 55.0 Å². The quantitative estimate of drug-likeness (QED) is 0.702. The van der Waals surface area contributed by atoms with Crippen LogP contribution in [0.25, 0.3) is 0 Å². The Hall–Kier alpha value is -1.77. The van der Waals surface area contributed by atoms with E-state index in [0.717, 1.165) is 17.2 Å². The lowest BCUT2D eigenvalue weighted by atomic mass is 9.89. The summed E-state index contributed by atoms with van der Waals surface area (Å²) in [6.07, 6.45) is -4.31. The highest BCUT2D eigenvalue weighted by Crippen LogP contribution is 2.37. The summed E-state index contributed by atoms with van der Waals surface area (Å²) in [5, 5.41) is 0. The van der Waals surface area contributed by atoms with Gasteiger partial charge in [0.2, 0.25) is 0 Å². The lowest BCUT2D eigenvalue weighted by Gasteiger charge is -2.18. The maximum absolute atomic E-state index is 13.0. The van der Waals surface area contributed by atoms with Crippen molar-refractivity contribution in [3.05, 3.63) is 70.8 Å². The van der Waals surface area contributed by atoms with E-state index >= 15 is 0 Å². The van der Waals surface area contributed by atoms with Crippen LogP contribution in [0, 0.1) is 6.92 Å². The zero-order valence-corrected chi connectivity index (χ0v) is 10.8. The molecule has 19 heavy (non-hydrogen) atoms. The fourth-order valence-corrected chi connectivity index (χ4v) is 2.17. The smallest absolute Gasteiger partial charge is 0.166 e. The second-order valence-corrected chi connectivity index (χ2v) is 4.72. The van der Waals surface area contributed by atoms with Crippen LogP contribution in [0.5, 0.6) is 0 Å². The van der Waals surface area contributed by atoms with Crippen LogP contribution in [0.2, 0.25) is 0 Å². The average Bonchev–Trinajstić information content (AvgIpc) is 2.38. The Balaban J connectivity index is 2.44. The maximum atomic E-state index is 13.0. The van der Waals surface area contributed by atoms with Gasteiger partial charge in [-0.15, -0.1) is 0 Å². The van der Waals surface area contributed by atoms with Crippen LogP contribution in [0.4, 0.5) is 13.2 Å². The molecule has 0 spiro atoms. The fraction of sp³-hybridized carbons (Fsp3) is 0.250. The van der Waals surface area contributed by atoms with Gasteiger partial charge in [0.1, 0.15) is 0 Å². The molecular formula is C16H15F3. The van der Waals surface area contributed by atoms with Crippen LogP contribution in [0.3, 0.4) is 0 Å². The van der Waals surface area contributed by atoms with Crippen molar-refractivity contribution < 1.29 is 13.2 Å². The number of alkyl halides is 3. The molecule has 0 aliphatic carbocycles. The van der Waals surface area contributed by atoms with E-state index in [4.69, 9.17) is 0 Å². The van der Waals surface area contributed by atoms with E-state index in [1.165, 1.54) is 6.07 Å². The largest absolute Gasteiger partial charge is 0.416 e. The van der Waals surface area contributed by atoms with Crippen molar-refractivity contribution in [2.24, 2.45) is 0 Å². The second-order valence-electron chi connectivity index (χ2n) is 4.72. The van der Waals surface area contributed by atoms with E-state index in [9.17, 15) is 13.2 Å². The van der Waals surface area contributed by atoms with Gasteiger partial charge in [0.15, 0.2) is 0 Å². The molecule has 0 aliphatic heterocycles. The van der Waals surface area contributed by atoms with Gasteiger partial charge >= 0.3 is 6.18 Å². The Morgan fingerprint density at radius 1 is 0.895 bits per heavy atom. The lowest BCUT2D eigenvalue weighted by molar-refractivity contribution is -0.138. The van der Waals surface area contributed by atoms with Crippen LogP contribution < -0.4 is 0 Å². The van der Waals surface area contributed by atoms with E-state index in [1.807, 2.05) is 31.2 Å². The molecule has 1 atom stereocenters. The third-order valence-electron chi connectivity index (χ3n) is 3.31. The Labute approximate surface area is 110 Å². The molecule has 3 heteroatoms. The minimum Gasteiger partial charge on any atom is -0.166 e. The maximum Gasteiger partial charge on any atom is 0.416 e. The summed E-state index contributed by atoms with van der Waals surface area (Å²) in [6.45, 7) is 3.76. The Bertz CT molecular complexity index is 553. The minimum atomic E-state index is -4.31. The molecule has 0 saturated heterocycles. The molecule has 0 heterocycles. The van der Waals surface area contributed by atoms with Gasteiger partial charge in [0.25, 0.3) is 0 Å². The SMILES string of the molecule is Cc1ccc(C(C)c2ccccc2C(F)(F)F)cc1. The molecule has 0 N–H and O–H groups in total. The first-order chi connectivity index (χ1) is 8.89. The molecule has 0 nitrogen and oxygen atoms in total. The van der Waals surface area contributed by atoms with Crippen LogP contribution in [0.15, 0.2) is 48.5 Å². The average molecular weight is 264 g/mol. The van der Waals surface area contributed by atoms with Crippen LogP contribution in [0.1, 0.15) is 35.1 Å². The molecule has 0 aromatic heterocycles. The summed E-state index contributed by atoms with van der Waals surface area (Å²) in [5.41, 5.74) is 1.75. The highest BCUT2D eigenvalue weighted by atomic mass is 19.4. The van der Waals surface area contributed by atoms with Gasteiger partial charge in [0, 0.05) is 5.92 Å². The van der Waals surface area contributed by atoms with Crippen LogP contribution >= 0.6 is 0 Å². The van der Waals surface area contributed by atoms with Gasteiger partial charge in [-0.05, 0) is 24.1 Å². The van der Waals surface area contributed by atoms with Crippen molar-refractivity contribution in [3.63, 3.8) is 0 Å². The molecule has 2 aromatic rings. The van der Waals surface area contributed by atoms with Crippen molar-refractivity contribution in [3.8, 4) is 0 Å². The number of benzene rings is 2. The first kappa shape index (κ1) is 13.7. The molecule has 0 amide bonds. The van der Waals surface area contributed by atoms with E-state index in [0.29, 0.717) is 5.56 Å². The molecule has 2 rings (SSSR count). The van der Waals surface area contributed by atoms with Crippen molar-refractivity contribution in [1.29, 1.82) is 0 Å². The Morgan fingerprint density at radius 2 is 1.47 bits per heavy atom.